The molecular weight excluding hydrogens is 174 g/mol. The van der Waals surface area contributed by atoms with Crippen molar-refractivity contribution in [3.05, 3.63) is 24.4 Å². The van der Waals surface area contributed by atoms with Gasteiger partial charge in [-0.25, -0.2) is 4.98 Å². The molecule has 1 aromatic rings. The standard InChI is InChI=1S/C11H13N3/c12-8-11(5-3-6-11)9-14-10-4-1-2-7-13-10/h1-2,4,7H,3,5-6,9H2,(H,13,14). The molecule has 0 aromatic carbocycles. The molecule has 1 fully saturated rings. The van der Waals surface area contributed by atoms with Crippen LogP contribution >= 0.6 is 0 Å². The molecule has 3 nitrogen and oxygen atoms in total. The summed E-state index contributed by atoms with van der Waals surface area (Å²) >= 11 is 0. The Hall–Kier alpha value is -1.56. The molecule has 0 saturated heterocycles. The smallest absolute Gasteiger partial charge is 0.125 e. The lowest BCUT2D eigenvalue weighted by Gasteiger charge is -2.35. The zero-order valence-corrected chi connectivity index (χ0v) is 8.03. The Labute approximate surface area is 83.8 Å². The first-order valence-electron chi connectivity index (χ1n) is 4.91. The van der Waals surface area contributed by atoms with Crippen LogP contribution in [-0.4, -0.2) is 11.5 Å². The summed E-state index contributed by atoms with van der Waals surface area (Å²) in [6.45, 7) is 0.723. The van der Waals surface area contributed by atoms with Crippen LogP contribution in [0.3, 0.4) is 0 Å². The minimum Gasteiger partial charge on any atom is -0.368 e. The summed E-state index contributed by atoms with van der Waals surface area (Å²) in [6, 6.07) is 8.14. The van der Waals surface area contributed by atoms with Crippen LogP contribution < -0.4 is 5.32 Å². The molecule has 0 aliphatic heterocycles. The fourth-order valence-electron chi connectivity index (χ4n) is 1.66. The molecule has 0 spiro atoms. The number of nitriles is 1. The van der Waals surface area contributed by atoms with E-state index in [4.69, 9.17) is 5.26 Å². The Morgan fingerprint density at radius 3 is 2.86 bits per heavy atom. The average molecular weight is 187 g/mol. The molecule has 0 amide bonds. The molecule has 0 bridgehead atoms. The molecule has 1 aromatic heterocycles. The monoisotopic (exact) mass is 187 g/mol. The number of hydrogen-bond donors (Lipinski definition) is 1. The van der Waals surface area contributed by atoms with E-state index in [2.05, 4.69) is 16.4 Å². The van der Waals surface area contributed by atoms with Gasteiger partial charge in [-0.15, -0.1) is 0 Å². The van der Waals surface area contributed by atoms with Crippen molar-refractivity contribution in [2.45, 2.75) is 19.3 Å². The number of anilines is 1. The molecule has 0 unspecified atom stereocenters. The third-order valence-corrected chi connectivity index (χ3v) is 2.82. The molecule has 2 rings (SSSR count). The Kier molecular flexibility index (Phi) is 2.36. The summed E-state index contributed by atoms with van der Waals surface area (Å²) in [7, 11) is 0. The van der Waals surface area contributed by atoms with Gasteiger partial charge in [-0.05, 0) is 25.0 Å². The topological polar surface area (TPSA) is 48.7 Å². The number of nitrogens with zero attached hydrogens (tertiary/aromatic N) is 2. The second-order valence-corrected chi connectivity index (χ2v) is 3.81. The Bertz CT molecular complexity index is 335. The fraction of sp³-hybridized carbons (Fsp3) is 0.455. The van der Waals surface area contributed by atoms with Crippen LogP contribution in [0.25, 0.3) is 0 Å². The van der Waals surface area contributed by atoms with E-state index < -0.39 is 0 Å². The van der Waals surface area contributed by atoms with E-state index in [1.54, 1.807) is 6.20 Å². The highest BCUT2D eigenvalue weighted by atomic mass is 15.0. The lowest BCUT2D eigenvalue weighted by atomic mass is 9.70. The lowest BCUT2D eigenvalue weighted by molar-refractivity contribution is 0.233. The maximum absolute atomic E-state index is 9.00. The van der Waals surface area contributed by atoms with E-state index in [1.807, 2.05) is 18.2 Å². The van der Waals surface area contributed by atoms with Gasteiger partial charge in [0, 0.05) is 12.7 Å². The van der Waals surface area contributed by atoms with Crippen molar-refractivity contribution in [3.63, 3.8) is 0 Å². The largest absolute Gasteiger partial charge is 0.368 e. The van der Waals surface area contributed by atoms with Crippen molar-refractivity contribution in [1.29, 1.82) is 5.26 Å². The first kappa shape index (κ1) is 9.01. The highest BCUT2D eigenvalue weighted by Gasteiger charge is 2.36. The molecule has 0 atom stereocenters. The summed E-state index contributed by atoms with van der Waals surface area (Å²) in [4.78, 5) is 4.15. The van der Waals surface area contributed by atoms with E-state index >= 15 is 0 Å². The molecule has 1 heterocycles. The van der Waals surface area contributed by atoms with E-state index in [9.17, 15) is 0 Å². The zero-order valence-electron chi connectivity index (χ0n) is 8.03. The molecule has 14 heavy (non-hydrogen) atoms. The van der Waals surface area contributed by atoms with Crippen LogP contribution in [0.15, 0.2) is 24.4 Å². The minimum absolute atomic E-state index is 0.127. The summed E-state index contributed by atoms with van der Waals surface area (Å²) in [5.41, 5.74) is -0.127. The van der Waals surface area contributed by atoms with Gasteiger partial charge >= 0.3 is 0 Å². The van der Waals surface area contributed by atoms with Gasteiger partial charge in [0.2, 0.25) is 0 Å². The highest BCUT2D eigenvalue weighted by molar-refractivity contribution is 5.34. The molecule has 1 N–H and O–H groups in total. The van der Waals surface area contributed by atoms with Crippen molar-refractivity contribution in [2.24, 2.45) is 5.41 Å². The predicted molar refractivity (Wildman–Crippen MR) is 54.6 cm³/mol. The maximum Gasteiger partial charge on any atom is 0.125 e. The number of aromatic nitrogens is 1. The van der Waals surface area contributed by atoms with Crippen molar-refractivity contribution < 1.29 is 0 Å². The lowest BCUT2D eigenvalue weighted by Crippen LogP contribution is -2.35. The van der Waals surface area contributed by atoms with Crippen molar-refractivity contribution in [1.82, 2.24) is 4.98 Å². The fourth-order valence-corrected chi connectivity index (χ4v) is 1.66. The first-order chi connectivity index (χ1) is 6.85. The predicted octanol–water partition coefficient (Wildman–Crippen LogP) is 2.19. The summed E-state index contributed by atoms with van der Waals surface area (Å²) < 4.78 is 0. The summed E-state index contributed by atoms with van der Waals surface area (Å²) in [5.74, 6) is 0.856. The zero-order chi connectivity index (χ0) is 9.86. The highest BCUT2D eigenvalue weighted by Crippen LogP contribution is 2.39. The van der Waals surface area contributed by atoms with Crippen molar-refractivity contribution >= 4 is 5.82 Å². The maximum atomic E-state index is 9.00. The van der Waals surface area contributed by atoms with Gasteiger partial charge in [-0.2, -0.15) is 5.26 Å². The van der Waals surface area contributed by atoms with Gasteiger partial charge in [0.1, 0.15) is 5.82 Å². The number of nitrogens with one attached hydrogen (secondary N) is 1. The number of rotatable bonds is 3. The van der Waals surface area contributed by atoms with Crippen LogP contribution in [0.5, 0.6) is 0 Å². The van der Waals surface area contributed by atoms with Crippen LogP contribution in [0.4, 0.5) is 5.82 Å². The summed E-state index contributed by atoms with van der Waals surface area (Å²) in [5, 5.41) is 12.2. The molecule has 72 valence electrons. The molecule has 1 aliphatic carbocycles. The normalized spacial score (nSPS) is 17.9. The first-order valence-corrected chi connectivity index (χ1v) is 4.91. The van der Waals surface area contributed by atoms with Crippen LogP contribution in [-0.2, 0) is 0 Å². The molecular formula is C11H13N3. The Morgan fingerprint density at radius 1 is 1.50 bits per heavy atom. The molecule has 0 radical (unpaired) electrons. The van der Waals surface area contributed by atoms with Crippen molar-refractivity contribution in [2.75, 3.05) is 11.9 Å². The Morgan fingerprint density at radius 2 is 2.36 bits per heavy atom. The van der Waals surface area contributed by atoms with Crippen LogP contribution in [0.1, 0.15) is 19.3 Å². The van der Waals surface area contributed by atoms with Gasteiger partial charge in [-0.3, -0.25) is 0 Å². The summed E-state index contributed by atoms with van der Waals surface area (Å²) in [6.07, 6.45) is 4.96. The molecule has 1 aliphatic rings. The van der Waals surface area contributed by atoms with Gasteiger partial charge in [-0.1, -0.05) is 12.5 Å². The third kappa shape index (κ3) is 1.69. The van der Waals surface area contributed by atoms with Gasteiger partial charge in [0.05, 0.1) is 11.5 Å². The SMILES string of the molecule is N#CC1(CNc2ccccn2)CCC1. The number of pyridine rings is 1. The van der Waals surface area contributed by atoms with Gasteiger partial charge in [0.15, 0.2) is 0 Å². The van der Waals surface area contributed by atoms with E-state index in [0.717, 1.165) is 25.2 Å². The quantitative estimate of drug-likeness (QED) is 0.789. The Balaban J connectivity index is 1.92. The molecule has 3 heteroatoms. The van der Waals surface area contributed by atoms with Crippen molar-refractivity contribution in [3.8, 4) is 6.07 Å². The van der Waals surface area contributed by atoms with E-state index in [-0.39, 0.29) is 5.41 Å². The van der Waals surface area contributed by atoms with E-state index in [1.165, 1.54) is 6.42 Å². The van der Waals surface area contributed by atoms with E-state index in [0.29, 0.717) is 0 Å². The average Bonchev–Trinajstić information content (AvgIpc) is 2.19. The minimum atomic E-state index is -0.127. The van der Waals surface area contributed by atoms with Crippen LogP contribution in [0.2, 0.25) is 0 Å². The van der Waals surface area contributed by atoms with Gasteiger partial charge in [0.25, 0.3) is 0 Å². The second-order valence-electron chi connectivity index (χ2n) is 3.81. The molecule has 1 saturated carbocycles. The number of hydrogen-bond acceptors (Lipinski definition) is 3. The van der Waals surface area contributed by atoms with Gasteiger partial charge < -0.3 is 5.32 Å². The second kappa shape index (κ2) is 3.67. The van der Waals surface area contributed by atoms with Crippen LogP contribution in [0, 0.1) is 16.7 Å². The third-order valence-electron chi connectivity index (χ3n) is 2.82.